The number of nitrogens with one attached hydrogen (secondary N) is 2. The minimum atomic E-state index is -3.23. The molecule has 0 radical (unpaired) electrons. The molecule has 0 aliphatic heterocycles. The monoisotopic (exact) mass is 362 g/mol. The first-order chi connectivity index (χ1) is 10.6. The van der Waals surface area contributed by atoms with Gasteiger partial charge in [0.1, 0.15) is 6.04 Å². The molecule has 0 saturated heterocycles. The van der Waals surface area contributed by atoms with Crippen molar-refractivity contribution < 1.29 is 23.1 Å². The third-order valence-corrected chi connectivity index (χ3v) is 4.80. The summed E-state index contributed by atoms with van der Waals surface area (Å²) in [7, 11) is -3.23. The molecule has 1 atom stereocenters. The molecular weight excluding hydrogens is 340 g/mol. The molecule has 1 aromatic rings. The Morgan fingerprint density at radius 3 is 2.48 bits per heavy atom. The lowest BCUT2D eigenvalue weighted by molar-refractivity contribution is -0.139. The van der Waals surface area contributed by atoms with Gasteiger partial charge in [-0.3, -0.25) is 4.79 Å². The Balaban J connectivity index is 2.62. The Morgan fingerprint density at radius 1 is 1.30 bits per heavy atom. The summed E-state index contributed by atoms with van der Waals surface area (Å²) < 4.78 is 24.3. The summed E-state index contributed by atoms with van der Waals surface area (Å²) in [5.74, 6) is -1.33. The van der Waals surface area contributed by atoms with Crippen LogP contribution in [0.15, 0.2) is 12.1 Å². The number of carboxylic acids is 1. The van der Waals surface area contributed by atoms with Gasteiger partial charge in [0.2, 0.25) is 10.0 Å². The van der Waals surface area contributed by atoms with Gasteiger partial charge in [-0.2, -0.15) is 0 Å². The molecule has 0 aromatic carbocycles. The SMILES string of the molecule is CC(C)C[C@H](NC(=O)c1ccc(CCNS(C)(=O)=O)s1)C(=O)O. The number of thiophene rings is 1. The van der Waals surface area contributed by atoms with Gasteiger partial charge in [-0.15, -0.1) is 11.3 Å². The molecule has 1 heterocycles. The largest absolute Gasteiger partial charge is 0.480 e. The fraction of sp³-hybridized carbons (Fsp3) is 0.571. The Kier molecular flexibility index (Phi) is 7.17. The Bertz CT molecular complexity index is 652. The van der Waals surface area contributed by atoms with Crippen LogP contribution in [0, 0.1) is 5.92 Å². The number of carbonyl (C=O) groups excluding carboxylic acids is 1. The first-order valence-electron chi connectivity index (χ1n) is 7.15. The molecule has 0 fully saturated rings. The molecule has 0 aliphatic rings. The van der Waals surface area contributed by atoms with Crippen LogP contribution in [0.25, 0.3) is 0 Å². The van der Waals surface area contributed by atoms with Crippen LogP contribution >= 0.6 is 11.3 Å². The van der Waals surface area contributed by atoms with Crippen LogP contribution in [0.1, 0.15) is 34.8 Å². The van der Waals surface area contributed by atoms with E-state index in [4.69, 9.17) is 5.11 Å². The molecule has 3 N–H and O–H groups in total. The fourth-order valence-electron chi connectivity index (χ4n) is 1.92. The number of sulfonamides is 1. The minimum Gasteiger partial charge on any atom is -0.480 e. The maximum atomic E-state index is 12.1. The number of carbonyl (C=O) groups is 2. The highest BCUT2D eigenvalue weighted by Gasteiger charge is 2.22. The molecule has 0 unspecified atom stereocenters. The second-order valence-electron chi connectivity index (χ2n) is 5.68. The van der Waals surface area contributed by atoms with Crippen molar-refractivity contribution in [3.8, 4) is 0 Å². The molecule has 0 saturated carbocycles. The lowest BCUT2D eigenvalue weighted by atomic mass is 10.0. The van der Waals surface area contributed by atoms with Crippen LogP contribution in [0.5, 0.6) is 0 Å². The van der Waals surface area contributed by atoms with Gasteiger partial charge in [0.05, 0.1) is 11.1 Å². The van der Waals surface area contributed by atoms with Crippen LogP contribution < -0.4 is 10.0 Å². The molecule has 9 heteroatoms. The smallest absolute Gasteiger partial charge is 0.326 e. The topological polar surface area (TPSA) is 113 Å². The van der Waals surface area contributed by atoms with Gasteiger partial charge in [-0.05, 0) is 30.9 Å². The van der Waals surface area contributed by atoms with Gasteiger partial charge in [0.15, 0.2) is 0 Å². The highest BCUT2D eigenvalue weighted by molar-refractivity contribution is 7.88. The van der Waals surface area contributed by atoms with E-state index in [0.29, 0.717) is 17.7 Å². The summed E-state index contributed by atoms with van der Waals surface area (Å²) in [4.78, 5) is 24.5. The molecule has 23 heavy (non-hydrogen) atoms. The molecule has 1 aromatic heterocycles. The van der Waals surface area contributed by atoms with Crippen molar-refractivity contribution in [2.75, 3.05) is 12.8 Å². The number of aliphatic carboxylic acids is 1. The van der Waals surface area contributed by atoms with Crippen molar-refractivity contribution in [3.63, 3.8) is 0 Å². The van der Waals surface area contributed by atoms with E-state index in [1.807, 2.05) is 13.8 Å². The average molecular weight is 362 g/mol. The number of carboxylic acid groups (broad SMARTS) is 1. The Hall–Kier alpha value is -1.45. The van der Waals surface area contributed by atoms with Crippen molar-refractivity contribution in [1.29, 1.82) is 0 Å². The molecule has 0 spiro atoms. The average Bonchev–Trinajstić information content (AvgIpc) is 2.84. The fourth-order valence-corrected chi connectivity index (χ4v) is 3.30. The van der Waals surface area contributed by atoms with Crippen molar-refractivity contribution in [3.05, 3.63) is 21.9 Å². The van der Waals surface area contributed by atoms with Gasteiger partial charge in [-0.1, -0.05) is 13.8 Å². The summed E-state index contributed by atoms with van der Waals surface area (Å²) in [6.07, 6.45) is 1.91. The third kappa shape index (κ3) is 7.58. The molecule has 1 rings (SSSR count). The summed E-state index contributed by atoms with van der Waals surface area (Å²) in [6, 6.07) is 2.44. The highest BCUT2D eigenvalue weighted by atomic mass is 32.2. The second-order valence-corrected chi connectivity index (χ2v) is 8.68. The highest BCUT2D eigenvalue weighted by Crippen LogP contribution is 2.17. The quantitative estimate of drug-likeness (QED) is 0.608. The lowest BCUT2D eigenvalue weighted by Crippen LogP contribution is -2.41. The van der Waals surface area contributed by atoms with Crippen molar-refractivity contribution >= 4 is 33.2 Å². The van der Waals surface area contributed by atoms with Crippen molar-refractivity contribution in [2.24, 2.45) is 5.92 Å². The van der Waals surface area contributed by atoms with E-state index < -0.39 is 27.9 Å². The maximum absolute atomic E-state index is 12.1. The summed E-state index contributed by atoms with van der Waals surface area (Å²) in [5, 5.41) is 11.7. The summed E-state index contributed by atoms with van der Waals surface area (Å²) >= 11 is 1.22. The Labute approximate surface area is 140 Å². The van der Waals surface area contributed by atoms with Gasteiger partial charge in [0, 0.05) is 11.4 Å². The number of amides is 1. The normalized spacial score (nSPS) is 13.0. The van der Waals surface area contributed by atoms with Gasteiger partial charge < -0.3 is 10.4 Å². The van der Waals surface area contributed by atoms with E-state index in [0.717, 1.165) is 11.1 Å². The zero-order chi connectivity index (χ0) is 17.6. The predicted octanol–water partition coefficient (Wildman–Crippen LogP) is 1.07. The second kappa shape index (κ2) is 8.42. The molecule has 1 amide bonds. The van der Waals surface area contributed by atoms with Crippen LogP contribution in [0.4, 0.5) is 0 Å². The number of hydrogen-bond donors (Lipinski definition) is 3. The van der Waals surface area contributed by atoms with E-state index in [2.05, 4.69) is 10.0 Å². The summed E-state index contributed by atoms with van der Waals surface area (Å²) in [5.41, 5.74) is 0. The van der Waals surface area contributed by atoms with E-state index in [1.54, 1.807) is 12.1 Å². The van der Waals surface area contributed by atoms with E-state index in [9.17, 15) is 18.0 Å². The zero-order valence-corrected chi connectivity index (χ0v) is 15.0. The standard InChI is InChI=1S/C14H22N2O5S2/c1-9(2)8-11(14(18)19)16-13(17)12-5-4-10(22-12)6-7-15-23(3,20)21/h4-5,9,11,15H,6-8H2,1-3H3,(H,16,17)(H,18,19)/t11-/m0/s1. The van der Waals surface area contributed by atoms with Crippen LogP contribution in [0.2, 0.25) is 0 Å². The van der Waals surface area contributed by atoms with Crippen LogP contribution in [-0.2, 0) is 21.2 Å². The molecule has 0 aliphatic carbocycles. The van der Waals surface area contributed by atoms with Crippen LogP contribution in [0.3, 0.4) is 0 Å². The van der Waals surface area contributed by atoms with E-state index >= 15 is 0 Å². The number of hydrogen-bond acceptors (Lipinski definition) is 5. The first kappa shape index (κ1) is 19.6. The number of rotatable bonds is 9. The van der Waals surface area contributed by atoms with Gasteiger partial charge in [0.25, 0.3) is 5.91 Å². The molecular formula is C14H22N2O5S2. The van der Waals surface area contributed by atoms with Crippen molar-refractivity contribution in [2.45, 2.75) is 32.7 Å². The lowest BCUT2D eigenvalue weighted by Gasteiger charge is -2.15. The molecule has 0 bridgehead atoms. The van der Waals surface area contributed by atoms with E-state index in [-0.39, 0.29) is 12.5 Å². The predicted molar refractivity (Wildman–Crippen MR) is 89.2 cm³/mol. The molecule has 7 nitrogen and oxygen atoms in total. The zero-order valence-electron chi connectivity index (χ0n) is 13.3. The minimum absolute atomic E-state index is 0.150. The third-order valence-electron chi connectivity index (χ3n) is 2.93. The van der Waals surface area contributed by atoms with E-state index in [1.165, 1.54) is 11.3 Å². The molecule has 130 valence electrons. The Morgan fingerprint density at radius 2 is 1.96 bits per heavy atom. The van der Waals surface area contributed by atoms with Crippen molar-refractivity contribution in [1.82, 2.24) is 10.0 Å². The first-order valence-corrected chi connectivity index (χ1v) is 9.86. The van der Waals surface area contributed by atoms with Crippen LogP contribution in [-0.4, -0.2) is 44.2 Å². The van der Waals surface area contributed by atoms with Gasteiger partial charge in [-0.25, -0.2) is 17.9 Å². The summed E-state index contributed by atoms with van der Waals surface area (Å²) in [6.45, 7) is 4.03. The maximum Gasteiger partial charge on any atom is 0.326 e. The van der Waals surface area contributed by atoms with Gasteiger partial charge >= 0.3 is 5.97 Å².